The molecule has 2 aromatic rings. The van der Waals surface area contributed by atoms with Crippen LogP contribution in [0.5, 0.6) is 0 Å². The van der Waals surface area contributed by atoms with Crippen molar-refractivity contribution in [3.63, 3.8) is 0 Å². The van der Waals surface area contributed by atoms with Crippen molar-refractivity contribution in [2.45, 2.75) is 43.0 Å². The van der Waals surface area contributed by atoms with Gasteiger partial charge >= 0.3 is 0 Å². The molecule has 6 nitrogen and oxygen atoms in total. The van der Waals surface area contributed by atoms with E-state index in [0.717, 1.165) is 31.9 Å². The zero-order valence-electron chi connectivity index (χ0n) is 13.9. The Hall–Kier alpha value is -1.86. The molecule has 1 aromatic carbocycles. The lowest BCUT2D eigenvalue weighted by molar-refractivity contribution is 0.102. The molecular weight excluding hydrogens is 362 g/mol. The van der Waals surface area contributed by atoms with E-state index in [1.165, 1.54) is 24.6 Å². The lowest BCUT2D eigenvalue weighted by Gasteiger charge is -2.24. The summed E-state index contributed by atoms with van der Waals surface area (Å²) in [6.45, 7) is 0. The molecular formula is C17H20ClN3O3S. The van der Waals surface area contributed by atoms with Crippen LogP contribution >= 0.6 is 11.6 Å². The summed E-state index contributed by atoms with van der Waals surface area (Å²) in [7, 11) is -3.42. The van der Waals surface area contributed by atoms with Crippen molar-refractivity contribution in [2.75, 3.05) is 11.6 Å². The second kappa shape index (κ2) is 7.17. The van der Waals surface area contributed by atoms with Crippen molar-refractivity contribution >= 4 is 33.2 Å². The first-order chi connectivity index (χ1) is 11.9. The molecule has 0 bridgehead atoms. The van der Waals surface area contributed by atoms with Crippen LogP contribution in [-0.2, 0) is 9.84 Å². The van der Waals surface area contributed by atoms with E-state index in [1.54, 1.807) is 12.3 Å². The number of rotatable bonds is 4. The quantitative estimate of drug-likeness (QED) is 0.875. The highest BCUT2D eigenvalue weighted by atomic mass is 35.5. The van der Waals surface area contributed by atoms with Crippen molar-refractivity contribution in [3.05, 3.63) is 41.0 Å². The number of hydrogen-bond acceptors (Lipinski definition) is 4. The van der Waals surface area contributed by atoms with Gasteiger partial charge in [0.1, 0.15) is 5.82 Å². The van der Waals surface area contributed by atoms with E-state index < -0.39 is 15.7 Å². The summed E-state index contributed by atoms with van der Waals surface area (Å²) in [5.41, 5.74) is 0.126. The molecule has 25 heavy (non-hydrogen) atoms. The molecule has 1 amide bonds. The van der Waals surface area contributed by atoms with Crippen molar-refractivity contribution in [1.82, 2.24) is 9.78 Å². The van der Waals surface area contributed by atoms with E-state index in [-0.39, 0.29) is 21.5 Å². The first kappa shape index (κ1) is 17.9. The van der Waals surface area contributed by atoms with Gasteiger partial charge in [-0.3, -0.25) is 4.79 Å². The number of hydrogen-bond donors (Lipinski definition) is 1. The molecule has 0 spiro atoms. The number of carbonyl (C=O) groups excluding carboxylic acids is 1. The third kappa shape index (κ3) is 4.04. The smallest absolute Gasteiger partial charge is 0.258 e. The Labute approximate surface area is 152 Å². The molecule has 1 heterocycles. The van der Waals surface area contributed by atoms with Gasteiger partial charge < -0.3 is 5.32 Å². The van der Waals surface area contributed by atoms with E-state index in [4.69, 9.17) is 11.6 Å². The maximum absolute atomic E-state index is 12.6. The monoisotopic (exact) mass is 381 g/mol. The molecule has 1 aromatic heterocycles. The molecule has 0 saturated heterocycles. The van der Waals surface area contributed by atoms with Gasteiger partial charge in [-0.1, -0.05) is 30.9 Å². The Balaban J connectivity index is 1.85. The molecule has 1 aliphatic carbocycles. The predicted octanol–water partition coefficient (Wildman–Crippen LogP) is 3.70. The molecule has 3 rings (SSSR count). The van der Waals surface area contributed by atoms with Gasteiger partial charge in [-0.2, -0.15) is 5.10 Å². The highest BCUT2D eigenvalue weighted by molar-refractivity contribution is 7.90. The fourth-order valence-corrected chi connectivity index (χ4v) is 3.97. The number of sulfone groups is 1. The molecule has 0 unspecified atom stereocenters. The molecule has 8 heteroatoms. The number of carbonyl (C=O) groups is 1. The Morgan fingerprint density at radius 3 is 2.64 bits per heavy atom. The molecule has 134 valence electrons. The molecule has 1 fully saturated rings. The van der Waals surface area contributed by atoms with E-state index in [9.17, 15) is 13.2 Å². The molecule has 1 aliphatic rings. The summed E-state index contributed by atoms with van der Waals surface area (Å²) in [6.07, 6.45) is 8.35. The highest BCUT2D eigenvalue weighted by Crippen LogP contribution is 2.30. The maximum Gasteiger partial charge on any atom is 0.258 e. The van der Waals surface area contributed by atoms with E-state index in [2.05, 4.69) is 10.4 Å². The van der Waals surface area contributed by atoms with Gasteiger partial charge in [-0.25, -0.2) is 13.1 Å². The standard InChI is InChI=1S/C17H20ClN3O3S/c1-25(23,24)13-7-8-15(18)14(11-13)17(22)20-16-9-10-19-21(16)12-5-3-2-4-6-12/h7-12H,2-6H2,1H3,(H,20,22). The fourth-order valence-electron chi connectivity index (χ4n) is 3.12. The van der Waals surface area contributed by atoms with Crippen LogP contribution in [0.2, 0.25) is 5.02 Å². The fraction of sp³-hybridized carbons (Fsp3) is 0.412. The Morgan fingerprint density at radius 1 is 1.24 bits per heavy atom. The number of aromatic nitrogens is 2. The molecule has 0 aliphatic heterocycles. The van der Waals surface area contributed by atoms with Crippen LogP contribution in [0, 0.1) is 0 Å². The van der Waals surface area contributed by atoms with Crippen LogP contribution in [0.3, 0.4) is 0 Å². The maximum atomic E-state index is 12.6. The average Bonchev–Trinajstić information content (AvgIpc) is 3.03. The number of amides is 1. The summed E-state index contributed by atoms with van der Waals surface area (Å²) in [6, 6.07) is 6.12. The minimum atomic E-state index is -3.42. The van der Waals surface area contributed by atoms with E-state index in [0.29, 0.717) is 5.82 Å². The lowest BCUT2D eigenvalue weighted by Crippen LogP contribution is -2.20. The van der Waals surface area contributed by atoms with Crippen molar-refractivity contribution in [1.29, 1.82) is 0 Å². The number of halogens is 1. The average molecular weight is 382 g/mol. The van der Waals surface area contributed by atoms with Gasteiger partial charge in [0, 0.05) is 12.3 Å². The SMILES string of the molecule is CS(=O)(=O)c1ccc(Cl)c(C(=O)Nc2ccnn2C2CCCCC2)c1. The largest absolute Gasteiger partial charge is 0.307 e. The van der Waals surface area contributed by atoms with Gasteiger partial charge in [-0.05, 0) is 31.0 Å². The number of benzene rings is 1. The first-order valence-corrected chi connectivity index (χ1v) is 10.5. The number of nitrogens with zero attached hydrogens (tertiary/aromatic N) is 2. The van der Waals surface area contributed by atoms with E-state index >= 15 is 0 Å². The van der Waals surface area contributed by atoms with Gasteiger partial charge in [0.15, 0.2) is 9.84 Å². The summed E-state index contributed by atoms with van der Waals surface area (Å²) in [4.78, 5) is 12.7. The number of anilines is 1. The first-order valence-electron chi connectivity index (χ1n) is 8.21. The summed E-state index contributed by atoms with van der Waals surface area (Å²) >= 11 is 6.09. The Bertz CT molecular complexity index is 886. The van der Waals surface area contributed by atoms with Gasteiger partial charge in [-0.15, -0.1) is 0 Å². The second-order valence-corrected chi connectivity index (χ2v) is 8.74. The zero-order chi connectivity index (χ0) is 18.0. The van der Waals surface area contributed by atoms with Gasteiger partial charge in [0.2, 0.25) is 0 Å². The minimum absolute atomic E-state index is 0.0582. The normalized spacial score (nSPS) is 15.9. The van der Waals surface area contributed by atoms with Crippen LogP contribution < -0.4 is 5.32 Å². The number of nitrogens with one attached hydrogen (secondary N) is 1. The van der Waals surface area contributed by atoms with Crippen molar-refractivity contribution in [3.8, 4) is 0 Å². The van der Waals surface area contributed by atoms with Crippen LogP contribution in [0.15, 0.2) is 35.4 Å². The lowest BCUT2D eigenvalue weighted by atomic mass is 9.96. The summed E-state index contributed by atoms with van der Waals surface area (Å²) in [5, 5.41) is 7.35. The summed E-state index contributed by atoms with van der Waals surface area (Å²) in [5.74, 6) is 0.144. The minimum Gasteiger partial charge on any atom is -0.307 e. The van der Waals surface area contributed by atoms with Gasteiger partial charge in [0.25, 0.3) is 5.91 Å². The van der Waals surface area contributed by atoms with Crippen molar-refractivity contribution in [2.24, 2.45) is 0 Å². The van der Waals surface area contributed by atoms with Crippen LogP contribution in [-0.4, -0.2) is 30.4 Å². The third-order valence-corrected chi connectivity index (χ3v) is 5.88. The topological polar surface area (TPSA) is 81.1 Å². The summed E-state index contributed by atoms with van der Waals surface area (Å²) < 4.78 is 25.3. The Morgan fingerprint density at radius 2 is 1.96 bits per heavy atom. The Kier molecular flexibility index (Phi) is 5.15. The van der Waals surface area contributed by atoms with Crippen LogP contribution in [0.4, 0.5) is 5.82 Å². The van der Waals surface area contributed by atoms with Crippen LogP contribution in [0.25, 0.3) is 0 Å². The molecule has 0 radical (unpaired) electrons. The predicted molar refractivity (Wildman–Crippen MR) is 96.9 cm³/mol. The second-order valence-electron chi connectivity index (χ2n) is 6.32. The molecule has 1 N–H and O–H groups in total. The highest BCUT2D eigenvalue weighted by Gasteiger charge is 2.21. The third-order valence-electron chi connectivity index (χ3n) is 4.44. The zero-order valence-corrected chi connectivity index (χ0v) is 15.5. The van der Waals surface area contributed by atoms with Crippen molar-refractivity contribution < 1.29 is 13.2 Å². The molecule has 0 atom stereocenters. The van der Waals surface area contributed by atoms with Gasteiger partial charge in [0.05, 0.1) is 27.7 Å². The molecule has 1 saturated carbocycles. The van der Waals surface area contributed by atoms with Crippen LogP contribution in [0.1, 0.15) is 48.5 Å². The van der Waals surface area contributed by atoms with E-state index in [1.807, 2.05) is 4.68 Å².